The Labute approximate surface area is 184 Å². The number of nitrogens with one attached hydrogen (secondary N) is 2. The number of amides is 2. The monoisotopic (exact) mass is 440 g/mol. The van der Waals surface area contributed by atoms with Gasteiger partial charge in [0.2, 0.25) is 0 Å². The van der Waals surface area contributed by atoms with Crippen LogP contribution in [-0.4, -0.2) is 18.4 Å². The fourth-order valence-corrected chi connectivity index (χ4v) is 5.05. The maximum atomic E-state index is 13.1. The van der Waals surface area contributed by atoms with Crippen LogP contribution >= 0.6 is 22.9 Å². The van der Waals surface area contributed by atoms with E-state index >= 15 is 0 Å². The summed E-state index contributed by atoms with van der Waals surface area (Å²) in [6.45, 7) is 2.51. The molecule has 5 nitrogen and oxygen atoms in total. The average Bonchev–Trinajstić information content (AvgIpc) is 3.30. The van der Waals surface area contributed by atoms with Crippen LogP contribution in [0.15, 0.2) is 48.5 Å². The van der Waals surface area contributed by atoms with Crippen molar-refractivity contribution in [2.75, 3.05) is 17.2 Å². The molecule has 2 aromatic carbocycles. The second-order valence-corrected chi connectivity index (χ2v) is 8.42. The largest absolute Gasteiger partial charge is 0.494 e. The lowest BCUT2D eigenvalue weighted by Crippen LogP contribution is -2.18. The summed E-state index contributed by atoms with van der Waals surface area (Å²) in [4.78, 5) is 27.1. The Morgan fingerprint density at radius 3 is 2.53 bits per heavy atom. The number of hydrogen-bond donors (Lipinski definition) is 2. The highest BCUT2D eigenvalue weighted by molar-refractivity contribution is 7.17. The van der Waals surface area contributed by atoms with E-state index in [0.29, 0.717) is 33.4 Å². The van der Waals surface area contributed by atoms with Gasteiger partial charge in [0, 0.05) is 10.6 Å². The molecular weight excluding hydrogens is 420 g/mol. The topological polar surface area (TPSA) is 67.4 Å². The van der Waals surface area contributed by atoms with E-state index in [1.807, 2.05) is 19.1 Å². The molecule has 3 aromatic rings. The summed E-state index contributed by atoms with van der Waals surface area (Å²) in [6.07, 6.45) is 2.77. The van der Waals surface area contributed by atoms with E-state index in [2.05, 4.69) is 10.6 Å². The molecule has 7 heteroatoms. The molecule has 2 N–H and O–H groups in total. The van der Waals surface area contributed by atoms with Gasteiger partial charge in [-0.05, 0) is 68.1 Å². The second-order valence-electron chi connectivity index (χ2n) is 6.91. The van der Waals surface area contributed by atoms with Gasteiger partial charge in [0.25, 0.3) is 11.8 Å². The molecule has 0 bridgehead atoms. The summed E-state index contributed by atoms with van der Waals surface area (Å²) in [5.41, 5.74) is 2.62. The van der Waals surface area contributed by atoms with Gasteiger partial charge in [0.15, 0.2) is 0 Å². The van der Waals surface area contributed by atoms with Gasteiger partial charge in [-0.2, -0.15) is 0 Å². The standard InChI is InChI=1S/C23H21ClN2O3S/c1-2-29-15-12-10-14(11-13-15)25-22(28)20-17-7-5-9-19(17)30-23(20)26-21(27)16-6-3-4-8-18(16)24/h3-4,6,8,10-13H,2,5,7,9H2,1H3,(H,25,28)(H,26,27). The van der Waals surface area contributed by atoms with E-state index in [4.69, 9.17) is 16.3 Å². The third-order valence-electron chi connectivity index (χ3n) is 4.92. The molecule has 1 aliphatic rings. The third kappa shape index (κ3) is 4.20. The summed E-state index contributed by atoms with van der Waals surface area (Å²) in [5, 5.41) is 6.78. The second kappa shape index (κ2) is 8.90. The number of rotatable bonds is 6. The van der Waals surface area contributed by atoms with Crippen LogP contribution in [-0.2, 0) is 12.8 Å². The quantitative estimate of drug-likeness (QED) is 0.509. The van der Waals surface area contributed by atoms with Crippen molar-refractivity contribution in [3.05, 3.63) is 75.1 Å². The van der Waals surface area contributed by atoms with Crippen LogP contribution in [0, 0.1) is 0 Å². The Kier molecular flexibility index (Phi) is 6.06. The lowest BCUT2D eigenvalue weighted by atomic mass is 10.1. The molecule has 1 aliphatic carbocycles. The van der Waals surface area contributed by atoms with Gasteiger partial charge >= 0.3 is 0 Å². The number of anilines is 2. The van der Waals surface area contributed by atoms with Crippen molar-refractivity contribution in [1.29, 1.82) is 0 Å². The highest BCUT2D eigenvalue weighted by Crippen LogP contribution is 2.40. The van der Waals surface area contributed by atoms with Crippen molar-refractivity contribution in [2.45, 2.75) is 26.2 Å². The first-order valence-electron chi connectivity index (χ1n) is 9.81. The Balaban J connectivity index is 1.59. The van der Waals surface area contributed by atoms with Gasteiger partial charge in [0.1, 0.15) is 10.8 Å². The Hall–Kier alpha value is -2.83. The van der Waals surface area contributed by atoms with E-state index < -0.39 is 0 Å². The molecule has 0 unspecified atom stereocenters. The Morgan fingerprint density at radius 1 is 1.03 bits per heavy atom. The summed E-state index contributed by atoms with van der Waals surface area (Å²) in [7, 11) is 0. The summed E-state index contributed by atoms with van der Waals surface area (Å²) < 4.78 is 5.44. The number of thiophene rings is 1. The zero-order valence-corrected chi connectivity index (χ0v) is 18.0. The van der Waals surface area contributed by atoms with Crippen LogP contribution in [0.4, 0.5) is 10.7 Å². The Morgan fingerprint density at radius 2 is 1.80 bits per heavy atom. The van der Waals surface area contributed by atoms with Crippen LogP contribution < -0.4 is 15.4 Å². The minimum Gasteiger partial charge on any atom is -0.494 e. The fraction of sp³-hybridized carbons (Fsp3) is 0.217. The van der Waals surface area contributed by atoms with Gasteiger partial charge in [-0.3, -0.25) is 9.59 Å². The predicted molar refractivity (Wildman–Crippen MR) is 121 cm³/mol. The molecule has 0 saturated carbocycles. The molecule has 0 fully saturated rings. The van der Waals surface area contributed by atoms with Gasteiger partial charge < -0.3 is 15.4 Å². The minimum atomic E-state index is -0.323. The number of halogens is 1. The summed E-state index contributed by atoms with van der Waals surface area (Å²) >= 11 is 7.63. The van der Waals surface area contributed by atoms with Crippen LogP contribution in [0.1, 0.15) is 44.5 Å². The molecule has 0 radical (unpaired) electrons. The van der Waals surface area contributed by atoms with Gasteiger partial charge in [-0.15, -0.1) is 11.3 Å². The van der Waals surface area contributed by atoms with Crippen LogP contribution in [0.5, 0.6) is 5.75 Å². The van der Waals surface area contributed by atoms with E-state index in [9.17, 15) is 9.59 Å². The highest BCUT2D eigenvalue weighted by Gasteiger charge is 2.28. The van der Waals surface area contributed by atoms with Crippen LogP contribution in [0.25, 0.3) is 0 Å². The molecule has 30 heavy (non-hydrogen) atoms. The van der Waals surface area contributed by atoms with E-state index in [0.717, 1.165) is 35.5 Å². The van der Waals surface area contributed by atoms with Gasteiger partial charge in [-0.25, -0.2) is 0 Å². The van der Waals surface area contributed by atoms with Crippen LogP contribution in [0.2, 0.25) is 5.02 Å². The number of carbonyl (C=O) groups is 2. The first kappa shape index (κ1) is 20.4. The molecule has 4 rings (SSSR count). The number of aryl methyl sites for hydroxylation is 1. The number of benzene rings is 2. The molecule has 0 aliphatic heterocycles. The lowest BCUT2D eigenvalue weighted by molar-refractivity contribution is 0.102. The third-order valence-corrected chi connectivity index (χ3v) is 6.45. The molecule has 1 heterocycles. The SMILES string of the molecule is CCOc1ccc(NC(=O)c2c(NC(=O)c3ccccc3Cl)sc3c2CCC3)cc1. The number of carbonyl (C=O) groups excluding carboxylic acids is 2. The molecule has 0 atom stereocenters. The van der Waals surface area contributed by atoms with Crippen molar-refractivity contribution in [1.82, 2.24) is 0 Å². The van der Waals surface area contributed by atoms with Crippen molar-refractivity contribution >= 4 is 45.4 Å². The van der Waals surface area contributed by atoms with Crippen molar-refractivity contribution < 1.29 is 14.3 Å². The maximum Gasteiger partial charge on any atom is 0.258 e. The molecule has 2 amide bonds. The fourth-order valence-electron chi connectivity index (χ4n) is 3.54. The maximum absolute atomic E-state index is 13.1. The van der Waals surface area contributed by atoms with Crippen LogP contribution in [0.3, 0.4) is 0 Å². The normalized spacial score (nSPS) is 12.3. The molecule has 1 aromatic heterocycles. The predicted octanol–water partition coefficient (Wildman–Crippen LogP) is 5.79. The number of ether oxygens (including phenoxy) is 1. The summed E-state index contributed by atoms with van der Waals surface area (Å²) in [5.74, 6) is 0.197. The minimum absolute atomic E-state index is 0.229. The molecule has 0 spiro atoms. The van der Waals surface area contributed by atoms with E-state index in [-0.39, 0.29) is 11.8 Å². The average molecular weight is 441 g/mol. The summed E-state index contributed by atoms with van der Waals surface area (Å²) in [6, 6.07) is 14.1. The number of fused-ring (bicyclic) bond motifs is 1. The lowest BCUT2D eigenvalue weighted by Gasteiger charge is -2.11. The zero-order chi connectivity index (χ0) is 21.1. The highest BCUT2D eigenvalue weighted by atomic mass is 35.5. The van der Waals surface area contributed by atoms with Crippen molar-refractivity contribution in [2.24, 2.45) is 0 Å². The zero-order valence-electron chi connectivity index (χ0n) is 16.5. The first-order valence-corrected chi connectivity index (χ1v) is 11.0. The van der Waals surface area contributed by atoms with Gasteiger partial charge in [-0.1, -0.05) is 23.7 Å². The first-order chi connectivity index (χ1) is 14.6. The van der Waals surface area contributed by atoms with E-state index in [1.165, 1.54) is 11.3 Å². The Bertz CT molecular complexity index is 1090. The molecule has 0 saturated heterocycles. The van der Waals surface area contributed by atoms with Crippen molar-refractivity contribution in [3.63, 3.8) is 0 Å². The molecule has 154 valence electrons. The smallest absolute Gasteiger partial charge is 0.258 e. The van der Waals surface area contributed by atoms with Gasteiger partial charge in [0.05, 0.1) is 22.8 Å². The van der Waals surface area contributed by atoms with Crippen molar-refractivity contribution in [3.8, 4) is 5.75 Å². The number of hydrogen-bond acceptors (Lipinski definition) is 4. The van der Waals surface area contributed by atoms with E-state index in [1.54, 1.807) is 36.4 Å². The molecular formula is C23H21ClN2O3S.